The number of hydrogen-bond donors (Lipinski definition) is 1. The zero-order valence-electron chi connectivity index (χ0n) is 12.9. The lowest BCUT2D eigenvalue weighted by Gasteiger charge is -2.34. The zero-order valence-corrected chi connectivity index (χ0v) is 12.9. The van der Waals surface area contributed by atoms with Crippen LogP contribution in [0.1, 0.15) is 23.1 Å². The number of rotatable bonds is 2. The van der Waals surface area contributed by atoms with Crippen LogP contribution >= 0.6 is 0 Å². The van der Waals surface area contributed by atoms with Crippen LogP contribution in [0.3, 0.4) is 0 Å². The van der Waals surface area contributed by atoms with Crippen LogP contribution in [0.15, 0.2) is 55.1 Å². The average Bonchev–Trinajstić information content (AvgIpc) is 3.28. The summed E-state index contributed by atoms with van der Waals surface area (Å²) in [6.45, 7) is 0.840. The maximum atomic E-state index is 4.76. The highest BCUT2D eigenvalue weighted by molar-refractivity contribution is 5.53. The van der Waals surface area contributed by atoms with E-state index in [1.54, 1.807) is 12.5 Å². The summed E-state index contributed by atoms with van der Waals surface area (Å²) in [4.78, 5) is 10.0. The summed E-state index contributed by atoms with van der Waals surface area (Å²) < 4.78 is 1.89. The summed E-state index contributed by atoms with van der Waals surface area (Å²) in [7, 11) is 0. The molecule has 0 saturated heterocycles. The summed E-state index contributed by atoms with van der Waals surface area (Å²) in [6, 6.07) is 12.0. The molecule has 0 aromatic carbocycles. The predicted molar refractivity (Wildman–Crippen MR) is 88.7 cm³/mol. The van der Waals surface area contributed by atoms with Gasteiger partial charge in [-0.25, -0.2) is 9.50 Å². The molecule has 0 bridgehead atoms. The van der Waals surface area contributed by atoms with E-state index in [0.29, 0.717) is 0 Å². The number of nitrogens with one attached hydrogen (secondary N) is 1. The molecule has 5 rings (SSSR count). The molecule has 4 aromatic heterocycles. The first kappa shape index (κ1) is 13.2. The van der Waals surface area contributed by atoms with Gasteiger partial charge < -0.3 is 9.88 Å². The average molecular weight is 317 g/mol. The minimum Gasteiger partial charge on any atom is -0.348 e. The van der Waals surface area contributed by atoms with Crippen LogP contribution in [0.25, 0.3) is 5.52 Å². The van der Waals surface area contributed by atoms with E-state index in [9.17, 15) is 0 Å². The van der Waals surface area contributed by atoms with Gasteiger partial charge in [0.15, 0.2) is 5.82 Å². The van der Waals surface area contributed by atoms with Gasteiger partial charge in [-0.1, -0.05) is 6.07 Å². The Hall–Kier alpha value is -3.22. The highest BCUT2D eigenvalue weighted by atomic mass is 15.3. The second-order valence-electron chi connectivity index (χ2n) is 5.83. The van der Waals surface area contributed by atoms with Gasteiger partial charge in [0.2, 0.25) is 0 Å². The molecule has 0 spiro atoms. The lowest BCUT2D eigenvalue weighted by Crippen LogP contribution is -2.37. The lowest BCUT2D eigenvalue weighted by atomic mass is 10.00. The van der Waals surface area contributed by atoms with Crippen molar-refractivity contribution in [2.45, 2.75) is 12.5 Å². The normalized spacial score (nSPS) is 17.2. The van der Waals surface area contributed by atoms with Gasteiger partial charge >= 0.3 is 0 Å². The van der Waals surface area contributed by atoms with Crippen molar-refractivity contribution in [2.75, 3.05) is 11.4 Å². The summed E-state index contributed by atoms with van der Waals surface area (Å²) in [5.41, 5.74) is 4.20. The van der Waals surface area contributed by atoms with Crippen molar-refractivity contribution in [3.63, 3.8) is 0 Å². The second-order valence-corrected chi connectivity index (χ2v) is 5.83. The van der Waals surface area contributed by atoms with Crippen molar-refractivity contribution in [3.05, 3.63) is 72.2 Å². The summed E-state index contributed by atoms with van der Waals surface area (Å²) in [5, 5.41) is 13.1. The molecule has 118 valence electrons. The van der Waals surface area contributed by atoms with Crippen LogP contribution in [0.5, 0.6) is 0 Å². The molecule has 1 N–H and O–H groups in total. The van der Waals surface area contributed by atoms with E-state index in [1.807, 2.05) is 35.0 Å². The summed E-state index contributed by atoms with van der Waals surface area (Å²) >= 11 is 0. The largest absolute Gasteiger partial charge is 0.348 e. The van der Waals surface area contributed by atoms with E-state index in [-0.39, 0.29) is 6.04 Å². The van der Waals surface area contributed by atoms with Crippen LogP contribution < -0.4 is 4.90 Å². The molecule has 1 aliphatic rings. The maximum Gasteiger partial charge on any atom is 0.152 e. The van der Waals surface area contributed by atoms with Crippen molar-refractivity contribution in [1.82, 2.24) is 29.8 Å². The molecule has 1 aliphatic heterocycles. The van der Waals surface area contributed by atoms with E-state index in [2.05, 4.69) is 37.2 Å². The van der Waals surface area contributed by atoms with Crippen LogP contribution in [-0.4, -0.2) is 36.3 Å². The number of nitrogens with zero attached hydrogens (tertiary/aromatic N) is 6. The standard InChI is InChI=1S/C17H15N7/c1-2-8-24-12(4-1)10-14(22-24)17-16-13(18-11-19-16)6-9-23(17)15-5-3-7-20-21-15/h1-5,7-8,10-11,17H,6,9H2,(H,18,19)/t17-/m0/s1. The number of pyridine rings is 1. The number of aromatic nitrogens is 6. The van der Waals surface area contributed by atoms with Crippen LogP contribution in [0.2, 0.25) is 0 Å². The molecule has 0 radical (unpaired) electrons. The highest BCUT2D eigenvalue weighted by Gasteiger charge is 2.33. The molecular weight excluding hydrogens is 302 g/mol. The lowest BCUT2D eigenvalue weighted by molar-refractivity contribution is 0.606. The van der Waals surface area contributed by atoms with Gasteiger partial charge in [0.1, 0.15) is 6.04 Å². The fraction of sp³-hybridized carbons (Fsp3) is 0.176. The Bertz CT molecular complexity index is 955. The van der Waals surface area contributed by atoms with E-state index in [1.165, 1.54) is 0 Å². The van der Waals surface area contributed by atoms with E-state index in [4.69, 9.17) is 5.10 Å². The summed E-state index contributed by atoms with van der Waals surface area (Å²) in [6.07, 6.45) is 6.30. The monoisotopic (exact) mass is 317 g/mol. The Morgan fingerprint density at radius 3 is 3.04 bits per heavy atom. The fourth-order valence-electron chi connectivity index (χ4n) is 3.36. The molecule has 24 heavy (non-hydrogen) atoms. The summed E-state index contributed by atoms with van der Waals surface area (Å²) in [5.74, 6) is 0.841. The SMILES string of the molecule is c1cnnc(N2CCc3[nH]cnc3[C@@H]2c2cc3ccccn3n2)c1. The molecule has 7 nitrogen and oxygen atoms in total. The molecule has 4 aromatic rings. The highest BCUT2D eigenvalue weighted by Crippen LogP contribution is 2.35. The molecule has 0 amide bonds. The van der Waals surface area contributed by atoms with Crippen molar-refractivity contribution in [1.29, 1.82) is 0 Å². The molecule has 5 heterocycles. The van der Waals surface area contributed by atoms with Gasteiger partial charge in [-0.15, -0.1) is 5.10 Å². The first-order chi connectivity index (χ1) is 11.9. The maximum absolute atomic E-state index is 4.76. The third kappa shape index (κ3) is 1.98. The number of H-pyrrole nitrogens is 1. The number of anilines is 1. The van der Waals surface area contributed by atoms with Crippen molar-refractivity contribution >= 4 is 11.3 Å². The first-order valence-corrected chi connectivity index (χ1v) is 7.91. The van der Waals surface area contributed by atoms with Crippen LogP contribution in [-0.2, 0) is 6.42 Å². The van der Waals surface area contributed by atoms with E-state index in [0.717, 1.165) is 41.4 Å². The van der Waals surface area contributed by atoms with Gasteiger partial charge in [0, 0.05) is 31.1 Å². The van der Waals surface area contributed by atoms with Crippen LogP contribution in [0, 0.1) is 0 Å². The van der Waals surface area contributed by atoms with Gasteiger partial charge in [-0.05, 0) is 30.3 Å². The van der Waals surface area contributed by atoms with Crippen molar-refractivity contribution in [3.8, 4) is 0 Å². The molecule has 7 heteroatoms. The fourth-order valence-corrected chi connectivity index (χ4v) is 3.36. The topological polar surface area (TPSA) is 75.0 Å². The second kappa shape index (κ2) is 5.16. The smallest absolute Gasteiger partial charge is 0.152 e. The van der Waals surface area contributed by atoms with Gasteiger partial charge in [0.25, 0.3) is 0 Å². The van der Waals surface area contributed by atoms with E-state index >= 15 is 0 Å². The molecular formula is C17H15N7. The molecule has 1 atom stereocenters. The van der Waals surface area contributed by atoms with Crippen molar-refractivity contribution in [2.24, 2.45) is 0 Å². The Balaban J connectivity index is 1.68. The van der Waals surface area contributed by atoms with Gasteiger partial charge in [-0.3, -0.25) is 0 Å². The third-order valence-electron chi connectivity index (χ3n) is 4.45. The van der Waals surface area contributed by atoms with E-state index < -0.39 is 0 Å². The minimum atomic E-state index is -0.0726. The number of fused-ring (bicyclic) bond motifs is 2. The minimum absolute atomic E-state index is 0.0726. The van der Waals surface area contributed by atoms with Gasteiger partial charge in [0.05, 0.1) is 23.2 Å². The Morgan fingerprint density at radius 2 is 2.17 bits per heavy atom. The molecule has 0 fully saturated rings. The predicted octanol–water partition coefficient (Wildman–Crippen LogP) is 2.00. The molecule has 0 saturated carbocycles. The quantitative estimate of drug-likeness (QED) is 0.612. The number of aromatic amines is 1. The Kier molecular flexibility index (Phi) is 2.84. The number of hydrogen-bond acceptors (Lipinski definition) is 5. The van der Waals surface area contributed by atoms with Gasteiger partial charge in [-0.2, -0.15) is 10.2 Å². The zero-order chi connectivity index (χ0) is 15.9. The Morgan fingerprint density at radius 1 is 1.17 bits per heavy atom. The number of imidazole rings is 1. The first-order valence-electron chi connectivity index (χ1n) is 7.91. The van der Waals surface area contributed by atoms with Crippen molar-refractivity contribution < 1.29 is 0 Å². The Labute approximate surface area is 138 Å². The van der Waals surface area contributed by atoms with Crippen LogP contribution in [0.4, 0.5) is 5.82 Å². The molecule has 0 aliphatic carbocycles. The molecule has 0 unspecified atom stereocenters. The third-order valence-corrected chi connectivity index (χ3v) is 4.45.